The molecule has 1 unspecified atom stereocenters. The molecule has 6 nitrogen and oxygen atoms in total. The zero-order chi connectivity index (χ0) is 15.8. The van der Waals surface area contributed by atoms with Crippen molar-refractivity contribution < 1.29 is 13.2 Å². The van der Waals surface area contributed by atoms with Crippen molar-refractivity contribution in [1.82, 2.24) is 10.3 Å². The quantitative estimate of drug-likeness (QED) is 0.759. The summed E-state index contributed by atoms with van der Waals surface area (Å²) < 4.78 is 38.1. The molecule has 0 bridgehead atoms. The molecule has 1 aliphatic heterocycles. The molecule has 9 heteroatoms. The van der Waals surface area contributed by atoms with E-state index < -0.39 is 17.7 Å². The maximum atomic E-state index is 12.7. The van der Waals surface area contributed by atoms with Gasteiger partial charge in [0.05, 0.1) is 0 Å². The lowest BCUT2D eigenvalue weighted by Gasteiger charge is -2.30. The van der Waals surface area contributed by atoms with E-state index in [4.69, 9.17) is 11.5 Å². The van der Waals surface area contributed by atoms with E-state index in [0.717, 1.165) is 6.07 Å². The zero-order valence-electron chi connectivity index (χ0n) is 11.4. The van der Waals surface area contributed by atoms with Gasteiger partial charge in [-0.05, 0) is 12.1 Å². The third kappa shape index (κ3) is 3.13. The van der Waals surface area contributed by atoms with Crippen molar-refractivity contribution >= 4 is 11.8 Å². The number of guanidine groups is 1. The van der Waals surface area contributed by atoms with Crippen molar-refractivity contribution in [2.45, 2.75) is 25.8 Å². The summed E-state index contributed by atoms with van der Waals surface area (Å²) in [5.74, 6) is -1.49. The molecule has 0 spiro atoms. The van der Waals surface area contributed by atoms with Gasteiger partial charge in [0.15, 0.2) is 11.8 Å². The second kappa shape index (κ2) is 4.99. The van der Waals surface area contributed by atoms with Gasteiger partial charge in [-0.1, -0.05) is 19.9 Å². The van der Waals surface area contributed by atoms with Gasteiger partial charge >= 0.3 is 6.18 Å². The van der Waals surface area contributed by atoms with E-state index in [1.54, 1.807) is 13.8 Å². The van der Waals surface area contributed by atoms with E-state index in [9.17, 15) is 13.2 Å². The first-order valence-electron chi connectivity index (χ1n) is 6.17. The Morgan fingerprint density at radius 3 is 2.48 bits per heavy atom. The second-order valence-electron chi connectivity index (χ2n) is 4.93. The minimum atomic E-state index is -4.54. The van der Waals surface area contributed by atoms with Crippen LogP contribution in [0.1, 0.15) is 25.2 Å². The summed E-state index contributed by atoms with van der Waals surface area (Å²) >= 11 is 0. The van der Waals surface area contributed by atoms with Gasteiger partial charge in [0.25, 0.3) is 0 Å². The van der Waals surface area contributed by atoms with Gasteiger partial charge in [0.1, 0.15) is 11.4 Å². The second-order valence-corrected chi connectivity index (χ2v) is 4.93. The number of pyridine rings is 1. The lowest BCUT2D eigenvalue weighted by atomic mass is 10.1. The first-order valence-corrected chi connectivity index (χ1v) is 6.17. The van der Waals surface area contributed by atoms with Crippen molar-refractivity contribution in [1.29, 1.82) is 0 Å². The van der Waals surface area contributed by atoms with Crippen LogP contribution in [0.15, 0.2) is 28.2 Å². The van der Waals surface area contributed by atoms with Crippen LogP contribution in [0.4, 0.5) is 13.2 Å². The van der Waals surface area contributed by atoms with Gasteiger partial charge in [-0.15, -0.1) is 0 Å². The molecule has 0 amide bonds. The monoisotopic (exact) mass is 300 g/mol. The smallest absolute Gasteiger partial charge is 0.370 e. The molecule has 5 N–H and O–H groups in total. The van der Waals surface area contributed by atoms with Crippen LogP contribution < -0.4 is 16.8 Å². The molecule has 2 rings (SSSR count). The summed E-state index contributed by atoms with van der Waals surface area (Å²) in [4.78, 5) is 11.7. The van der Waals surface area contributed by atoms with E-state index in [-0.39, 0.29) is 23.4 Å². The Balaban J connectivity index is 2.45. The first-order chi connectivity index (χ1) is 9.62. The van der Waals surface area contributed by atoms with Crippen LogP contribution in [0.3, 0.4) is 0 Å². The van der Waals surface area contributed by atoms with Crippen LogP contribution in [0.25, 0.3) is 0 Å². The SMILES string of the molecule is CC(C)C1(N)N=C(N)NC(c2cccc(C(F)(F)F)n2)=N1. The van der Waals surface area contributed by atoms with E-state index in [1.807, 2.05) is 0 Å². The molecule has 1 aliphatic rings. The number of halogens is 3. The predicted octanol–water partition coefficient (Wildman–Crippen LogP) is 1.03. The lowest BCUT2D eigenvalue weighted by Crippen LogP contribution is -2.53. The van der Waals surface area contributed by atoms with Crippen LogP contribution in [0.5, 0.6) is 0 Å². The van der Waals surface area contributed by atoms with E-state index in [2.05, 4.69) is 20.3 Å². The number of hydrogen-bond acceptors (Lipinski definition) is 6. The molecular weight excluding hydrogens is 285 g/mol. The molecule has 0 fully saturated rings. The van der Waals surface area contributed by atoms with Gasteiger partial charge in [-0.3, -0.25) is 5.73 Å². The molecule has 0 saturated heterocycles. The Labute approximate surface area is 119 Å². The molecule has 2 heterocycles. The summed E-state index contributed by atoms with van der Waals surface area (Å²) in [6.07, 6.45) is -4.54. The minimum absolute atomic E-state index is 0.00171. The molecule has 0 radical (unpaired) electrons. The maximum absolute atomic E-state index is 12.7. The zero-order valence-corrected chi connectivity index (χ0v) is 11.4. The van der Waals surface area contributed by atoms with E-state index in [0.29, 0.717) is 0 Å². The molecule has 114 valence electrons. The van der Waals surface area contributed by atoms with Crippen LogP contribution in [-0.2, 0) is 6.18 Å². The van der Waals surface area contributed by atoms with Crippen LogP contribution in [0, 0.1) is 5.92 Å². The van der Waals surface area contributed by atoms with Crippen molar-refractivity contribution in [3.63, 3.8) is 0 Å². The summed E-state index contributed by atoms with van der Waals surface area (Å²) in [7, 11) is 0. The first kappa shape index (κ1) is 15.2. The molecule has 0 aliphatic carbocycles. The minimum Gasteiger partial charge on any atom is -0.370 e. The van der Waals surface area contributed by atoms with Crippen LogP contribution >= 0.6 is 0 Å². The topological polar surface area (TPSA) is 102 Å². The Morgan fingerprint density at radius 2 is 1.90 bits per heavy atom. The predicted molar refractivity (Wildman–Crippen MR) is 72.3 cm³/mol. The van der Waals surface area contributed by atoms with Gasteiger partial charge in [0.2, 0.25) is 5.79 Å². The molecule has 1 atom stereocenters. The number of nitrogens with zero attached hydrogens (tertiary/aromatic N) is 3. The Hall–Kier alpha value is -2.16. The molecule has 0 aromatic carbocycles. The number of amidine groups is 1. The van der Waals surface area contributed by atoms with Gasteiger partial charge in [-0.25, -0.2) is 15.0 Å². The third-order valence-electron chi connectivity index (χ3n) is 2.97. The lowest BCUT2D eigenvalue weighted by molar-refractivity contribution is -0.141. The highest BCUT2D eigenvalue weighted by atomic mass is 19.4. The van der Waals surface area contributed by atoms with Crippen molar-refractivity contribution in [3.05, 3.63) is 29.6 Å². The average molecular weight is 300 g/mol. The highest BCUT2D eigenvalue weighted by Crippen LogP contribution is 2.28. The standard InChI is InChI=1S/C12H15F3N6/c1-6(2)12(17)20-9(19-10(16)21-12)7-4-3-5-8(18-7)11(13,14)15/h3-6H,17H2,1-2H3,(H3,16,19,20,21). The Morgan fingerprint density at radius 1 is 1.24 bits per heavy atom. The third-order valence-corrected chi connectivity index (χ3v) is 2.97. The number of alkyl halides is 3. The number of hydrogen-bond donors (Lipinski definition) is 3. The molecule has 1 aromatic rings. The Bertz CT molecular complexity index is 607. The summed E-state index contributed by atoms with van der Waals surface area (Å²) in [5.41, 5.74) is 10.6. The van der Waals surface area contributed by atoms with Crippen LogP contribution in [-0.4, -0.2) is 22.6 Å². The van der Waals surface area contributed by atoms with Gasteiger partial charge in [0, 0.05) is 5.92 Å². The number of nitrogens with one attached hydrogen (secondary N) is 1. The largest absolute Gasteiger partial charge is 0.433 e. The maximum Gasteiger partial charge on any atom is 0.433 e. The highest BCUT2D eigenvalue weighted by molar-refractivity contribution is 6.08. The highest BCUT2D eigenvalue weighted by Gasteiger charge is 2.35. The molecule has 1 aromatic heterocycles. The van der Waals surface area contributed by atoms with Crippen molar-refractivity contribution in [2.24, 2.45) is 27.4 Å². The van der Waals surface area contributed by atoms with Crippen molar-refractivity contribution in [2.75, 3.05) is 0 Å². The summed E-state index contributed by atoms with van der Waals surface area (Å²) in [5, 5.41) is 2.59. The summed E-state index contributed by atoms with van der Waals surface area (Å²) in [6.45, 7) is 3.56. The molecule has 21 heavy (non-hydrogen) atoms. The average Bonchev–Trinajstić information content (AvgIpc) is 2.36. The summed E-state index contributed by atoms with van der Waals surface area (Å²) in [6, 6.07) is 3.51. The fraction of sp³-hybridized carbons (Fsp3) is 0.417. The molecule has 0 saturated carbocycles. The number of rotatable bonds is 2. The number of aromatic nitrogens is 1. The molecular formula is C12H15F3N6. The fourth-order valence-electron chi connectivity index (χ4n) is 1.68. The van der Waals surface area contributed by atoms with E-state index >= 15 is 0 Å². The van der Waals surface area contributed by atoms with Crippen LogP contribution in [0.2, 0.25) is 0 Å². The van der Waals surface area contributed by atoms with Gasteiger partial charge < -0.3 is 11.1 Å². The fourth-order valence-corrected chi connectivity index (χ4v) is 1.68. The number of aliphatic imine (C=N–C) groups is 2. The van der Waals surface area contributed by atoms with E-state index in [1.165, 1.54) is 12.1 Å². The normalized spacial score (nSPS) is 22.6. The Kier molecular flexibility index (Phi) is 3.62. The van der Waals surface area contributed by atoms with Crippen molar-refractivity contribution in [3.8, 4) is 0 Å². The number of nitrogens with two attached hydrogens (primary N) is 2. The van der Waals surface area contributed by atoms with Gasteiger partial charge in [-0.2, -0.15) is 13.2 Å².